The molecule has 0 fully saturated rings. The summed E-state index contributed by atoms with van der Waals surface area (Å²) in [7, 11) is 0. The van der Waals surface area contributed by atoms with Crippen molar-refractivity contribution in [3.63, 3.8) is 0 Å². The number of thiophene rings is 2. The monoisotopic (exact) mass is 421 g/mol. The number of benzene rings is 3. The topological polar surface area (TPSA) is 13.1 Å². The van der Waals surface area contributed by atoms with Crippen molar-refractivity contribution >= 4 is 69.8 Å². The maximum atomic E-state index is 6.99. The minimum Gasteiger partial charge on any atom is -0.646 e. The zero-order chi connectivity index (χ0) is 19.7. The number of para-hydroxylation sites is 1. The van der Waals surface area contributed by atoms with Gasteiger partial charge in [-0.3, -0.25) is 0 Å². The third-order valence-electron chi connectivity index (χ3n) is 6.16. The summed E-state index contributed by atoms with van der Waals surface area (Å²) < 4.78 is 14.5. The molecule has 0 aliphatic carbocycles. The Balaban J connectivity index is 1.61. The molecule has 0 N–H and O–H groups in total. The van der Waals surface area contributed by atoms with Gasteiger partial charge in [-0.15, -0.1) is 0 Å². The SMILES string of the molecule is c1ccc2sc([B-]3(c4cc5ccccc5s4)Oc4cccc5ccc[n+]3c45)cc2c1. The summed E-state index contributed by atoms with van der Waals surface area (Å²) in [5.74, 6) is 0.961. The Morgan fingerprint density at radius 2 is 1.23 bits per heavy atom. The van der Waals surface area contributed by atoms with Gasteiger partial charge in [0.2, 0.25) is 5.52 Å². The lowest BCUT2D eigenvalue weighted by Gasteiger charge is -2.28. The Morgan fingerprint density at radius 1 is 0.633 bits per heavy atom. The first-order valence-corrected chi connectivity index (χ1v) is 11.7. The molecule has 0 bridgehead atoms. The van der Waals surface area contributed by atoms with Crippen LogP contribution in [-0.4, -0.2) is 6.48 Å². The summed E-state index contributed by atoms with van der Waals surface area (Å²) in [5, 5.41) is 3.75. The van der Waals surface area contributed by atoms with E-state index in [1.807, 2.05) is 22.7 Å². The van der Waals surface area contributed by atoms with Crippen molar-refractivity contribution in [1.82, 2.24) is 0 Å². The first-order chi connectivity index (χ1) is 14.8. The summed E-state index contributed by atoms with van der Waals surface area (Å²) >= 11 is 3.68. The second kappa shape index (κ2) is 5.94. The summed E-state index contributed by atoms with van der Waals surface area (Å²) in [5.41, 5.74) is 1.18. The number of hydrogen-bond acceptors (Lipinski definition) is 3. The van der Waals surface area contributed by atoms with Crippen molar-refractivity contribution in [2.75, 3.05) is 0 Å². The van der Waals surface area contributed by atoms with Crippen molar-refractivity contribution in [1.29, 1.82) is 0 Å². The summed E-state index contributed by atoms with van der Waals surface area (Å²) in [4.78, 5) is 0. The minimum atomic E-state index is -1.60. The largest absolute Gasteiger partial charge is 0.646 e. The average molecular weight is 421 g/mol. The van der Waals surface area contributed by atoms with Crippen molar-refractivity contribution < 1.29 is 9.13 Å². The van der Waals surface area contributed by atoms with Gasteiger partial charge in [0.15, 0.2) is 0 Å². The van der Waals surface area contributed by atoms with Crippen LogP contribution in [0.15, 0.2) is 97.2 Å². The molecule has 0 unspecified atom stereocenters. The molecule has 2 nitrogen and oxygen atoms in total. The van der Waals surface area contributed by atoms with E-state index in [2.05, 4.69) is 102 Å². The molecule has 0 saturated heterocycles. The van der Waals surface area contributed by atoms with E-state index in [1.54, 1.807) is 0 Å². The van der Waals surface area contributed by atoms with E-state index >= 15 is 0 Å². The molecule has 3 aromatic heterocycles. The van der Waals surface area contributed by atoms with Gasteiger partial charge in [-0.05, 0) is 56.7 Å². The molecule has 1 aliphatic rings. The molecule has 5 heteroatoms. The molecular formula is C25H16BNOS2. The van der Waals surface area contributed by atoms with Gasteiger partial charge in [-0.2, -0.15) is 22.7 Å². The van der Waals surface area contributed by atoms with E-state index in [0.29, 0.717) is 0 Å². The molecular weight excluding hydrogens is 405 g/mol. The molecule has 0 atom stereocenters. The van der Waals surface area contributed by atoms with Crippen molar-refractivity contribution in [2.24, 2.45) is 0 Å². The number of aromatic nitrogens is 1. The Bertz CT molecular complexity index is 1450. The molecule has 30 heavy (non-hydrogen) atoms. The molecule has 4 heterocycles. The van der Waals surface area contributed by atoms with Gasteiger partial charge in [0.1, 0.15) is 11.9 Å². The predicted octanol–water partition coefficient (Wildman–Crippen LogP) is 5.05. The number of rotatable bonds is 2. The molecule has 6 aromatic rings. The van der Waals surface area contributed by atoms with E-state index in [9.17, 15) is 0 Å². The van der Waals surface area contributed by atoms with Crippen LogP contribution in [0.2, 0.25) is 0 Å². The Labute approximate surface area is 181 Å². The highest BCUT2D eigenvalue weighted by atomic mass is 32.1. The predicted molar refractivity (Wildman–Crippen MR) is 129 cm³/mol. The standard InChI is InChI=1S/C25H16BNOS2/c1-3-12-21-18(7-1)15-23(29-21)26(24-16-19-8-2-4-13-22(19)30-24)27-14-6-10-17-9-5-11-20(28-26)25(17)27/h1-16H. The first-order valence-electron chi connectivity index (χ1n) is 10.1. The van der Waals surface area contributed by atoms with Crippen molar-refractivity contribution in [3.8, 4) is 5.75 Å². The van der Waals surface area contributed by atoms with Gasteiger partial charge in [0.05, 0.1) is 0 Å². The summed E-state index contributed by atoms with van der Waals surface area (Å²) in [6.07, 6.45) is 2.19. The van der Waals surface area contributed by atoms with Crippen LogP contribution in [0.25, 0.3) is 31.1 Å². The second-order valence-corrected chi connectivity index (χ2v) is 10.1. The highest BCUT2D eigenvalue weighted by Gasteiger charge is 2.52. The molecule has 3 aromatic carbocycles. The van der Waals surface area contributed by atoms with Crippen LogP contribution >= 0.6 is 22.7 Å². The van der Waals surface area contributed by atoms with Crippen molar-refractivity contribution in [2.45, 2.75) is 0 Å². The quantitative estimate of drug-likeness (QED) is 0.357. The van der Waals surface area contributed by atoms with Gasteiger partial charge in [0.25, 0.3) is 0 Å². The summed E-state index contributed by atoms with van der Waals surface area (Å²) in [6.45, 7) is -1.60. The van der Waals surface area contributed by atoms with Crippen LogP contribution in [0, 0.1) is 0 Å². The number of pyridine rings is 1. The first kappa shape index (κ1) is 16.6. The fraction of sp³-hybridized carbons (Fsp3) is 0. The van der Waals surface area contributed by atoms with Crippen LogP contribution < -0.4 is 18.7 Å². The normalized spacial score (nSPS) is 14.5. The maximum absolute atomic E-state index is 6.99. The fourth-order valence-electron chi connectivity index (χ4n) is 4.82. The van der Waals surface area contributed by atoms with E-state index in [4.69, 9.17) is 4.65 Å². The van der Waals surface area contributed by atoms with Gasteiger partial charge in [0, 0.05) is 14.8 Å². The Hall–Kier alpha value is -3.15. The maximum Gasteiger partial charge on any atom is 0.532 e. The van der Waals surface area contributed by atoms with E-state index in [1.165, 1.54) is 40.6 Å². The molecule has 7 rings (SSSR count). The third-order valence-corrected chi connectivity index (χ3v) is 8.69. The molecule has 0 saturated carbocycles. The average Bonchev–Trinajstić information content (AvgIpc) is 3.49. The van der Waals surface area contributed by atoms with Gasteiger partial charge >= 0.3 is 6.48 Å². The molecule has 1 aliphatic heterocycles. The lowest BCUT2D eigenvalue weighted by atomic mass is 9.49. The lowest BCUT2D eigenvalue weighted by molar-refractivity contribution is -0.515. The van der Waals surface area contributed by atoms with Crippen LogP contribution in [0.3, 0.4) is 0 Å². The highest BCUT2D eigenvalue weighted by Crippen LogP contribution is 2.33. The smallest absolute Gasteiger partial charge is 0.532 e. The molecule has 142 valence electrons. The van der Waals surface area contributed by atoms with Gasteiger partial charge < -0.3 is 9.13 Å². The second-order valence-electron chi connectivity index (χ2n) is 7.84. The van der Waals surface area contributed by atoms with Gasteiger partial charge in [-0.25, -0.2) is 0 Å². The third kappa shape index (κ3) is 2.11. The van der Waals surface area contributed by atoms with Crippen LogP contribution in [0.1, 0.15) is 0 Å². The van der Waals surface area contributed by atoms with Crippen LogP contribution in [0.4, 0.5) is 0 Å². The number of hydrogen-bond donors (Lipinski definition) is 0. The minimum absolute atomic E-state index is 0.961. The molecule has 0 spiro atoms. The van der Waals surface area contributed by atoms with E-state index < -0.39 is 6.48 Å². The molecule has 0 amide bonds. The van der Waals surface area contributed by atoms with Gasteiger partial charge in [-0.1, -0.05) is 54.6 Å². The van der Waals surface area contributed by atoms with Crippen LogP contribution in [-0.2, 0) is 0 Å². The van der Waals surface area contributed by atoms with Crippen LogP contribution in [0.5, 0.6) is 5.75 Å². The Kier molecular flexibility index (Phi) is 3.29. The Morgan fingerprint density at radius 3 is 1.90 bits per heavy atom. The molecule has 0 radical (unpaired) electrons. The fourth-order valence-corrected chi connectivity index (χ4v) is 7.46. The highest BCUT2D eigenvalue weighted by molar-refractivity contribution is 7.38. The zero-order valence-corrected chi connectivity index (χ0v) is 17.6. The van der Waals surface area contributed by atoms with Crippen molar-refractivity contribution in [3.05, 3.63) is 97.2 Å². The number of fused-ring (bicyclic) bond motifs is 2. The van der Waals surface area contributed by atoms with E-state index in [-0.39, 0.29) is 0 Å². The zero-order valence-electron chi connectivity index (χ0n) is 16.0. The number of nitrogens with zero attached hydrogens (tertiary/aromatic N) is 1. The summed E-state index contributed by atoms with van der Waals surface area (Å²) in [6, 6.07) is 32.5. The lowest BCUT2D eigenvalue weighted by Crippen LogP contribution is -2.78. The van der Waals surface area contributed by atoms with E-state index in [0.717, 1.165) is 5.75 Å².